The molecule has 0 saturated heterocycles. The highest BCUT2D eigenvalue weighted by Crippen LogP contribution is 2.20. The number of rotatable bonds is 5. The Morgan fingerprint density at radius 1 is 1.12 bits per heavy atom. The minimum Gasteiger partial charge on any atom is -0.484 e. The van der Waals surface area contributed by atoms with Crippen molar-refractivity contribution in [2.24, 2.45) is 10.7 Å². The van der Waals surface area contributed by atoms with E-state index in [-0.39, 0.29) is 42.2 Å². The third-order valence-corrected chi connectivity index (χ3v) is 3.23. The minimum absolute atomic E-state index is 0. The number of ether oxygens (including phenoxy) is 1. The van der Waals surface area contributed by atoms with E-state index in [2.05, 4.69) is 10.3 Å². The highest BCUT2D eigenvalue weighted by atomic mass is 127. The molecule has 0 unspecified atom stereocenters. The van der Waals surface area contributed by atoms with E-state index in [1.54, 1.807) is 12.1 Å². The molecule has 0 aromatic heterocycles. The number of aliphatic imine (C=N–C) groups is 1. The van der Waals surface area contributed by atoms with Crippen LogP contribution in [0.4, 0.5) is 18.9 Å². The molecule has 142 valence electrons. The molecule has 0 atom stereocenters. The average Bonchev–Trinajstić information content (AvgIpc) is 2.50. The SMILES string of the molecule is Cc1cc(C)cc(NC(N)=NCc2cccc(OCC(F)(F)F)c2)c1.I. The van der Waals surface area contributed by atoms with Gasteiger partial charge in [0.25, 0.3) is 0 Å². The number of halogens is 4. The van der Waals surface area contributed by atoms with Gasteiger partial charge in [0.2, 0.25) is 0 Å². The van der Waals surface area contributed by atoms with Gasteiger partial charge in [0, 0.05) is 5.69 Å². The lowest BCUT2D eigenvalue weighted by atomic mass is 10.1. The van der Waals surface area contributed by atoms with Crippen LogP contribution in [0.15, 0.2) is 47.5 Å². The second-order valence-corrected chi connectivity index (χ2v) is 5.75. The Morgan fingerprint density at radius 2 is 1.77 bits per heavy atom. The first-order chi connectivity index (χ1) is 11.7. The van der Waals surface area contributed by atoms with E-state index in [0.29, 0.717) is 5.56 Å². The molecular weight excluding hydrogens is 458 g/mol. The molecule has 2 aromatic rings. The van der Waals surface area contributed by atoms with Crippen LogP contribution in [0.1, 0.15) is 16.7 Å². The van der Waals surface area contributed by atoms with Crippen LogP contribution in [-0.4, -0.2) is 18.7 Å². The van der Waals surface area contributed by atoms with Crippen molar-refractivity contribution in [3.8, 4) is 5.75 Å². The van der Waals surface area contributed by atoms with E-state index in [4.69, 9.17) is 10.5 Å². The topological polar surface area (TPSA) is 59.6 Å². The Morgan fingerprint density at radius 3 is 2.38 bits per heavy atom. The Bertz CT molecular complexity index is 743. The van der Waals surface area contributed by atoms with Crippen LogP contribution in [0, 0.1) is 13.8 Å². The van der Waals surface area contributed by atoms with Crippen LogP contribution in [0.3, 0.4) is 0 Å². The number of nitrogens with zero attached hydrogens (tertiary/aromatic N) is 1. The average molecular weight is 479 g/mol. The van der Waals surface area contributed by atoms with Crippen molar-refractivity contribution in [2.75, 3.05) is 11.9 Å². The molecule has 2 aromatic carbocycles. The van der Waals surface area contributed by atoms with Gasteiger partial charge in [0.05, 0.1) is 6.54 Å². The molecule has 0 aliphatic carbocycles. The van der Waals surface area contributed by atoms with Crippen molar-refractivity contribution in [2.45, 2.75) is 26.6 Å². The fraction of sp³-hybridized carbons (Fsp3) is 0.278. The summed E-state index contributed by atoms with van der Waals surface area (Å²) in [6.07, 6.45) is -4.37. The molecule has 0 fully saturated rings. The molecule has 0 spiro atoms. The number of aryl methyl sites for hydroxylation is 2. The molecule has 0 heterocycles. The second-order valence-electron chi connectivity index (χ2n) is 5.75. The standard InChI is InChI=1S/C18H20F3N3O.HI/c1-12-6-13(2)8-15(7-12)24-17(22)23-10-14-4-3-5-16(9-14)25-11-18(19,20)21;/h3-9H,10-11H2,1-2H3,(H3,22,23,24);1H. The summed E-state index contributed by atoms with van der Waals surface area (Å²) < 4.78 is 41.3. The van der Waals surface area contributed by atoms with Crippen LogP contribution >= 0.6 is 24.0 Å². The zero-order valence-electron chi connectivity index (χ0n) is 14.4. The third-order valence-electron chi connectivity index (χ3n) is 3.23. The summed E-state index contributed by atoms with van der Waals surface area (Å²) in [4.78, 5) is 4.20. The molecule has 0 aliphatic rings. The Kier molecular flexibility index (Phi) is 8.19. The maximum Gasteiger partial charge on any atom is 0.422 e. The Hall–Kier alpha value is -1.97. The van der Waals surface area contributed by atoms with Gasteiger partial charge in [-0.15, -0.1) is 24.0 Å². The fourth-order valence-electron chi connectivity index (χ4n) is 2.31. The van der Waals surface area contributed by atoms with E-state index < -0.39 is 12.8 Å². The third kappa shape index (κ3) is 7.94. The minimum atomic E-state index is -4.37. The molecule has 0 radical (unpaired) electrons. The van der Waals surface area contributed by atoms with Gasteiger partial charge in [-0.3, -0.25) is 0 Å². The van der Waals surface area contributed by atoms with Gasteiger partial charge in [-0.2, -0.15) is 13.2 Å². The van der Waals surface area contributed by atoms with E-state index in [0.717, 1.165) is 16.8 Å². The molecular formula is C18H21F3IN3O. The molecule has 2 rings (SSSR count). The van der Waals surface area contributed by atoms with Gasteiger partial charge in [-0.25, -0.2) is 4.99 Å². The summed E-state index contributed by atoms with van der Waals surface area (Å²) in [5, 5.41) is 3.00. The highest BCUT2D eigenvalue weighted by molar-refractivity contribution is 14.0. The Labute approximate surface area is 167 Å². The van der Waals surface area contributed by atoms with Gasteiger partial charge < -0.3 is 15.8 Å². The molecule has 0 aliphatic heterocycles. The predicted molar refractivity (Wildman–Crippen MR) is 108 cm³/mol. The Balaban J connectivity index is 0.00000338. The summed E-state index contributed by atoms with van der Waals surface area (Å²) in [6, 6.07) is 12.3. The van der Waals surface area contributed by atoms with Crippen molar-refractivity contribution in [1.29, 1.82) is 0 Å². The zero-order valence-corrected chi connectivity index (χ0v) is 16.8. The first kappa shape index (κ1) is 22.1. The van der Waals surface area contributed by atoms with Gasteiger partial charge in [-0.1, -0.05) is 18.2 Å². The largest absolute Gasteiger partial charge is 0.484 e. The fourth-order valence-corrected chi connectivity index (χ4v) is 2.31. The first-order valence-corrected chi connectivity index (χ1v) is 7.65. The lowest BCUT2D eigenvalue weighted by molar-refractivity contribution is -0.153. The lowest BCUT2D eigenvalue weighted by Gasteiger charge is -2.10. The first-order valence-electron chi connectivity index (χ1n) is 7.65. The smallest absolute Gasteiger partial charge is 0.422 e. The molecule has 4 nitrogen and oxygen atoms in total. The molecule has 0 amide bonds. The number of hydrogen-bond donors (Lipinski definition) is 2. The predicted octanol–water partition coefficient (Wildman–Crippen LogP) is 4.79. The normalized spacial score (nSPS) is 11.7. The molecule has 0 bridgehead atoms. The van der Waals surface area contributed by atoms with Gasteiger partial charge >= 0.3 is 6.18 Å². The summed E-state index contributed by atoms with van der Waals surface area (Å²) >= 11 is 0. The van der Waals surface area contributed by atoms with Crippen molar-refractivity contribution in [1.82, 2.24) is 0 Å². The number of hydrogen-bond acceptors (Lipinski definition) is 2. The van der Waals surface area contributed by atoms with E-state index >= 15 is 0 Å². The maximum absolute atomic E-state index is 12.2. The number of benzene rings is 2. The van der Waals surface area contributed by atoms with E-state index in [1.807, 2.05) is 32.0 Å². The van der Waals surface area contributed by atoms with Crippen LogP contribution in [0.25, 0.3) is 0 Å². The highest BCUT2D eigenvalue weighted by Gasteiger charge is 2.28. The summed E-state index contributed by atoms with van der Waals surface area (Å²) in [6.45, 7) is 2.87. The van der Waals surface area contributed by atoms with Crippen LogP contribution in [0.5, 0.6) is 5.75 Å². The number of alkyl halides is 3. The lowest BCUT2D eigenvalue weighted by Crippen LogP contribution is -2.22. The van der Waals surface area contributed by atoms with Crippen molar-refractivity contribution >= 4 is 35.6 Å². The number of anilines is 1. The van der Waals surface area contributed by atoms with Crippen LogP contribution < -0.4 is 15.8 Å². The number of nitrogens with two attached hydrogens (primary N) is 1. The summed E-state index contributed by atoms with van der Waals surface area (Å²) in [5.74, 6) is 0.373. The van der Waals surface area contributed by atoms with Crippen LogP contribution in [-0.2, 0) is 6.54 Å². The van der Waals surface area contributed by atoms with Crippen LogP contribution in [0.2, 0.25) is 0 Å². The van der Waals surface area contributed by atoms with Gasteiger partial charge in [0.15, 0.2) is 12.6 Å². The van der Waals surface area contributed by atoms with Crippen molar-refractivity contribution < 1.29 is 17.9 Å². The van der Waals surface area contributed by atoms with Crippen molar-refractivity contribution in [3.63, 3.8) is 0 Å². The molecule has 3 N–H and O–H groups in total. The zero-order chi connectivity index (χ0) is 18.4. The quantitative estimate of drug-likeness (QED) is 0.369. The summed E-state index contributed by atoms with van der Waals surface area (Å²) in [5.41, 5.74) is 9.60. The monoisotopic (exact) mass is 479 g/mol. The number of guanidine groups is 1. The van der Waals surface area contributed by atoms with Crippen molar-refractivity contribution in [3.05, 3.63) is 59.2 Å². The van der Waals surface area contributed by atoms with Gasteiger partial charge in [0.1, 0.15) is 5.75 Å². The molecule has 8 heteroatoms. The van der Waals surface area contributed by atoms with E-state index in [1.165, 1.54) is 12.1 Å². The maximum atomic E-state index is 12.2. The second kappa shape index (κ2) is 9.65. The van der Waals surface area contributed by atoms with E-state index in [9.17, 15) is 13.2 Å². The number of nitrogens with one attached hydrogen (secondary N) is 1. The van der Waals surface area contributed by atoms with Gasteiger partial charge in [-0.05, 0) is 54.8 Å². The summed E-state index contributed by atoms with van der Waals surface area (Å²) in [7, 11) is 0. The molecule has 26 heavy (non-hydrogen) atoms. The molecule has 0 saturated carbocycles.